The smallest absolute Gasteiger partial charge is 0.248 e. The second kappa shape index (κ2) is 6.35. The number of anilines is 1. The van der Waals surface area contributed by atoms with Gasteiger partial charge in [0.2, 0.25) is 11.0 Å². The van der Waals surface area contributed by atoms with Gasteiger partial charge >= 0.3 is 0 Å². The topological polar surface area (TPSA) is 98.5 Å². The Morgan fingerprint density at radius 2 is 2.27 bits per heavy atom. The maximum absolute atomic E-state index is 13.1. The predicted octanol–water partition coefficient (Wildman–Crippen LogP) is 0.893. The summed E-state index contributed by atoms with van der Waals surface area (Å²) in [6.07, 6.45) is 1.80. The third kappa shape index (κ3) is 3.67. The van der Waals surface area contributed by atoms with Crippen molar-refractivity contribution in [2.45, 2.75) is 13.0 Å². The zero-order valence-electron chi connectivity index (χ0n) is 11.2. The van der Waals surface area contributed by atoms with Crippen molar-refractivity contribution in [3.05, 3.63) is 47.0 Å². The first-order valence-electron chi connectivity index (χ1n) is 6.26. The van der Waals surface area contributed by atoms with E-state index in [4.69, 9.17) is 0 Å². The second-order valence-electron chi connectivity index (χ2n) is 4.36. The van der Waals surface area contributed by atoms with Crippen LogP contribution in [0.25, 0.3) is 0 Å². The molecule has 112 valence electrons. The number of halogens is 1. The van der Waals surface area contributed by atoms with E-state index in [0.29, 0.717) is 16.6 Å². The third-order valence-electron chi connectivity index (χ3n) is 2.65. The van der Waals surface area contributed by atoms with Crippen molar-refractivity contribution >= 4 is 22.4 Å². The molecule has 0 radical (unpaired) electrons. The Morgan fingerprint density at radius 1 is 1.36 bits per heavy atom. The van der Waals surface area contributed by atoms with Crippen LogP contribution in [-0.2, 0) is 17.8 Å². The summed E-state index contributed by atoms with van der Waals surface area (Å²) in [5, 5.41) is 22.0. The zero-order chi connectivity index (χ0) is 15.4. The van der Waals surface area contributed by atoms with Crippen molar-refractivity contribution in [3.63, 3.8) is 0 Å². The Bertz CT molecular complexity index is 773. The minimum Gasteiger partial charge on any atom is -0.299 e. The summed E-state index contributed by atoms with van der Waals surface area (Å²) in [6.45, 7) is -0.00813. The lowest BCUT2D eigenvalue weighted by Gasteiger charge is -1.99. The number of amides is 1. The number of aromatic nitrogens is 6. The number of carbonyl (C=O) groups excluding carboxylic acids is 1. The van der Waals surface area contributed by atoms with Crippen LogP contribution >= 0.6 is 11.3 Å². The molecule has 8 nitrogen and oxygen atoms in total. The highest BCUT2D eigenvalue weighted by Crippen LogP contribution is 2.18. The molecule has 0 atom stereocenters. The molecular formula is C12H10FN7OS. The van der Waals surface area contributed by atoms with Gasteiger partial charge in [0.1, 0.15) is 23.7 Å². The molecule has 0 bridgehead atoms. The monoisotopic (exact) mass is 319 g/mol. The van der Waals surface area contributed by atoms with E-state index >= 15 is 0 Å². The summed E-state index contributed by atoms with van der Waals surface area (Å²) < 4.78 is 14.4. The number of tetrazole rings is 1. The van der Waals surface area contributed by atoms with Crippen LogP contribution < -0.4 is 5.32 Å². The quantitative estimate of drug-likeness (QED) is 0.750. The SMILES string of the molecule is O=C(Cn1cnnn1)Nc1nnc(Cc2cccc(F)c2)s1. The molecular weight excluding hydrogens is 309 g/mol. The van der Waals surface area contributed by atoms with Crippen LogP contribution in [0.15, 0.2) is 30.6 Å². The van der Waals surface area contributed by atoms with E-state index in [0.717, 1.165) is 5.56 Å². The van der Waals surface area contributed by atoms with Gasteiger partial charge in [0, 0.05) is 6.42 Å². The summed E-state index contributed by atoms with van der Waals surface area (Å²) >= 11 is 1.24. The van der Waals surface area contributed by atoms with Crippen molar-refractivity contribution < 1.29 is 9.18 Å². The standard InChI is InChI=1S/C12H10FN7OS/c13-9-3-1-2-8(4-9)5-11-16-17-12(22-11)15-10(21)6-20-7-14-18-19-20/h1-4,7H,5-6H2,(H,15,17,21). The molecule has 0 saturated carbocycles. The lowest BCUT2D eigenvalue weighted by atomic mass is 10.1. The normalized spacial score (nSPS) is 10.6. The Balaban J connectivity index is 1.60. The predicted molar refractivity (Wildman–Crippen MR) is 75.6 cm³/mol. The lowest BCUT2D eigenvalue weighted by molar-refractivity contribution is -0.116. The van der Waals surface area contributed by atoms with Gasteiger partial charge in [-0.15, -0.1) is 15.3 Å². The molecule has 1 N–H and O–H groups in total. The largest absolute Gasteiger partial charge is 0.299 e. The summed E-state index contributed by atoms with van der Waals surface area (Å²) in [7, 11) is 0. The highest BCUT2D eigenvalue weighted by atomic mass is 32.1. The highest BCUT2D eigenvalue weighted by Gasteiger charge is 2.10. The molecule has 10 heteroatoms. The average molecular weight is 319 g/mol. The maximum atomic E-state index is 13.1. The van der Waals surface area contributed by atoms with E-state index in [2.05, 4.69) is 31.0 Å². The van der Waals surface area contributed by atoms with Gasteiger partial charge in [-0.1, -0.05) is 23.5 Å². The van der Waals surface area contributed by atoms with Crippen LogP contribution in [0.3, 0.4) is 0 Å². The van der Waals surface area contributed by atoms with Gasteiger partial charge in [0.15, 0.2) is 0 Å². The molecule has 0 fully saturated rings. The van der Waals surface area contributed by atoms with Crippen molar-refractivity contribution in [2.24, 2.45) is 0 Å². The number of nitrogens with one attached hydrogen (secondary N) is 1. The molecule has 3 aromatic rings. The molecule has 0 saturated heterocycles. The van der Waals surface area contributed by atoms with Crippen molar-refractivity contribution in [1.29, 1.82) is 0 Å². The number of hydrogen-bond acceptors (Lipinski definition) is 7. The van der Waals surface area contributed by atoms with Gasteiger partial charge < -0.3 is 0 Å². The van der Waals surface area contributed by atoms with Crippen LogP contribution in [0.5, 0.6) is 0 Å². The highest BCUT2D eigenvalue weighted by molar-refractivity contribution is 7.15. The Hall–Kier alpha value is -2.75. The Labute approximate surface area is 128 Å². The lowest BCUT2D eigenvalue weighted by Crippen LogP contribution is -2.19. The van der Waals surface area contributed by atoms with Crippen LogP contribution in [0.1, 0.15) is 10.6 Å². The van der Waals surface area contributed by atoms with E-state index in [1.807, 2.05) is 0 Å². The zero-order valence-corrected chi connectivity index (χ0v) is 12.0. The molecule has 2 heterocycles. The number of nitrogens with zero attached hydrogens (tertiary/aromatic N) is 6. The molecule has 0 aliphatic heterocycles. The molecule has 3 rings (SSSR count). The first kappa shape index (κ1) is 14.2. The second-order valence-corrected chi connectivity index (χ2v) is 5.43. The van der Waals surface area contributed by atoms with Gasteiger partial charge in [-0.3, -0.25) is 10.1 Å². The average Bonchev–Trinajstić information content (AvgIpc) is 3.11. The fourth-order valence-electron chi connectivity index (χ4n) is 1.76. The molecule has 0 spiro atoms. The van der Waals surface area contributed by atoms with Gasteiger partial charge in [-0.25, -0.2) is 9.07 Å². The van der Waals surface area contributed by atoms with E-state index in [9.17, 15) is 9.18 Å². The molecule has 1 amide bonds. The number of carbonyl (C=O) groups is 1. The van der Waals surface area contributed by atoms with Crippen molar-refractivity contribution in [2.75, 3.05) is 5.32 Å². The minimum atomic E-state index is -0.305. The summed E-state index contributed by atoms with van der Waals surface area (Å²) in [5.41, 5.74) is 0.794. The van der Waals surface area contributed by atoms with Crippen LogP contribution in [0.2, 0.25) is 0 Å². The van der Waals surface area contributed by atoms with E-state index in [1.165, 1.54) is 34.5 Å². The molecule has 2 aromatic heterocycles. The number of benzene rings is 1. The molecule has 0 aliphatic rings. The number of rotatable bonds is 5. The fourth-order valence-corrected chi connectivity index (χ4v) is 2.55. The fraction of sp³-hybridized carbons (Fsp3) is 0.167. The molecule has 0 aliphatic carbocycles. The third-order valence-corrected chi connectivity index (χ3v) is 3.49. The minimum absolute atomic E-state index is 0.00813. The summed E-state index contributed by atoms with van der Waals surface area (Å²) in [6, 6.07) is 6.27. The Kier molecular flexibility index (Phi) is 4.10. The maximum Gasteiger partial charge on any atom is 0.248 e. The van der Waals surface area contributed by atoms with Crippen molar-refractivity contribution in [1.82, 2.24) is 30.4 Å². The van der Waals surface area contributed by atoms with Gasteiger partial charge in [0.25, 0.3) is 0 Å². The van der Waals surface area contributed by atoms with E-state index in [-0.39, 0.29) is 18.3 Å². The van der Waals surface area contributed by atoms with Crippen molar-refractivity contribution in [3.8, 4) is 0 Å². The van der Waals surface area contributed by atoms with Crippen LogP contribution in [-0.4, -0.2) is 36.3 Å². The number of hydrogen-bond donors (Lipinski definition) is 1. The van der Waals surface area contributed by atoms with E-state index < -0.39 is 0 Å². The summed E-state index contributed by atoms with van der Waals surface area (Å²) in [4.78, 5) is 11.8. The Morgan fingerprint density at radius 3 is 3.05 bits per heavy atom. The van der Waals surface area contributed by atoms with E-state index in [1.54, 1.807) is 12.1 Å². The first-order chi connectivity index (χ1) is 10.7. The molecule has 22 heavy (non-hydrogen) atoms. The van der Waals surface area contributed by atoms with Crippen LogP contribution in [0.4, 0.5) is 9.52 Å². The van der Waals surface area contributed by atoms with Gasteiger partial charge in [-0.2, -0.15) is 0 Å². The van der Waals surface area contributed by atoms with Crippen LogP contribution in [0, 0.1) is 5.82 Å². The first-order valence-corrected chi connectivity index (χ1v) is 7.08. The van der Waals surface area contributed by atoms with Gasteiger partial charge in [0.05, 0.1) is 0 Å². The summed E-state index contributed by atoms with van der Waals surface area (Å²) in [5.74, 6) is -0.599. The molecule has 0 unspecified atom stereocenters. The van der Waals surface area contributed by atoms with Gasteiger partial charge in [-0.05, 0) is 28.1 Å². The molecule has 1 aromatic carbocycles.